The molecular formula is C14H15NO3. The molecule has 2 N–H and O–H groups in total. The summed E-state index contributed by atoms with van der Waals surface area (Å²) in [6, 6.07) is 6.78. The Hall–Kier alpha value is -2.36. The molecule has 94 valence electrons. The third kappa shape index (κ3) is 5.12. The van der Waals surface area contributed by atoms with Crippen LogP contribution in [-0.2, 0) is 16.0 Å². The maximum absolute atomic E-state index is 11.5. The lowest BCUT2D eigenvalue weighted by molar-refractivity contribution is -0.136. The molecule has 0 saturated heterocycles. The lowest BCUT2D eigenvalue weighted by atomic mass is 10.1. The second-order valence-corrected chi connectivity index (χ2v) is 3.65. The Morgan fingerprint density at radius 2 is 2.11 bits per heavy atom. The van der Waals surface area contributed by atoms with Crippen molar-refractivity contribution in [2.75, 3.05) is 5.32 Å². The van der Waals surface area contributed by atoms with E-state index in [0.29, 0.717) is 11.3 Å². The number of aliphatic carboxylic acids is 1. The van der Waals surface area contributed by atoms with Crippen LogP contribution < -0.4 is 5.32 Å². The van der Waals surface area contributed by atoms with Gasteiger partial charge in [0.2, 0.25) is 5.91 Å². The molecule has 18 heavy (non-hydrogen) atoms. The molecule has 0 saturated carbocycles. The van der Waals surface area contributed by atoms with Crippen LogP contribution in [-0.4, -0.2) is 17.0 Å². The van der Waals surface area contributed by atoms with Crippen molar-refractivity contribution >= 4 is 17.6 Å². The van der Waals surface area contributed by atoms with Gasteiger partial charge in [-0.1, -0.05) is 30.4 Å². The molecule has 0 fully saturated rings. The maximum Gasteiger partial charge on any atom is 0.307 e. The number of carbonyl (C=O) groups excluding carboxylic acids is 1. The largest absolute Gasteiger partial charge is 0.481 e. The van der Waals surface area contributed by atoms with E-state index in [4.69, 9.17) is 5.11 Å². The zero-order valence-corrected chi connectivity index (χ0v) is 10.1. The number of amides is 1. The highest BCUT2D eigenvalue weighted by Crippen LogP contribution is 2.11. The minimum Gasteiger partial charge on any atom is -0.481 e. The molecule has 4 nitrogen and oxygen atoms in total. The van der Waals surface area contributed by atoms with E-state index >= 15 is 0 Å². The fourth-order valence-electron chi connectivity index (χ4n) is 1.37. The zero-order chi connectivity index (χ0) is 13.4. The van der Waals surface area contributed by atoms with Gasteiger partial charge in [-0.15, -0.1) is 0 Å². The molecule has 0 atom stereocenters. The molecule has 0 aliphatic rings. The number of anilines is 1. The van der Waals surface area contributed by atoms with Crippen molar-refractivity contribution < 1.29 is 14.7 Å². The van der Waals surface area contributed by atoms with Crippen LogP contribution in [0.3, 0.4) is 0 Å². The molecule has 0 radical (unpaired) electrons. The lowest BCUT2D eigenvalue weighted by Gasteiger charge is -2.04. The van der Waals surface area contributed by atoms with E-state index in [-0.39, 0.29) is 12.3 Å². The minimum absolute atomic E-state index is 0.0574. The standard InChI is InChI=1S/C14H15NO3/c1-2-3-4-8-13(16)15-12-7-5-6-11(9-12)10-14(17)18/h2-9H,10H2,1H3,(H,15,16)(H,17,18). The van der Waals surface area contributed by atoms with E-state index < -0.39 is 5.97 Å². The van der Waals surface area contributed by atoms with Crippen molar-refractivity contribution in [1.82, 2.24) is 0 Å². The smallest absolute Gasteiger partial charge is 0.307 e. The Bertz CT molecular complexity index is 490. The molecule has 0 aliphatic carbocycles. The van der Waals surface area contributed by atoms with Crippen LogP contribution in [0, 0.1) is 0 Å². The fourth-order valence-corrected chi connectivity index (χ4v) is 1.37. The third-order valence-electron chi connectivity index (χ3n) is 2.10. The summed E-state index contributed by atoms with van der Waals surface area (Å²) >= 11 is 0. The van der Waals surface area contributed by atoms with Gasteiger partial charge in [-0.05, 0) is 24.6 Å². The van der Waals surface area contributed by atoms with Crippen molar-refractivity contribution in [3.05, 3.63) is 54.1 Å². The molecule has 1 amide bonds. The SMILES string of the molecule is CC=CC=CC(=O)Nc1cccc(CC(=O)O)c1. The molecule has 0 bridgehead atoms. The maximum atomic E-state index is 11.5. The predicted octanol–water partition coefficient (Wildman–Crippen LogP) is 2.38. The van der Waals surface area contributed by atoms with Crippen LogP contribution in [0.2, 0.25) is 0 Å². The van der Waals surface area contributed by atoms with E-state index in [1.165, 1.54) is 6.08 Å². The summed E-state index contributed by atoms with van der Waals surface area (Å²) in [4.78, 5) is 22.0. The lowest BCUT2D eigenvalue weighted by Crippen LogP contribution is -2.08. The normalized spacial score (nSPS) is 10.9. The van der Waals surface area contributed by atoms with Gasteiger partial charge in [0.1, 0.15) is 0 Å². The molecule has 4 heteroatoms. The van der Waals surface area contributed by atoms with Gasteiger partial charge in [-0.3, -0.25) is 9.59 Å². The van der Waals surface area contributed by atoms with Gasteiger partial charge < -0.3 is 10.4 Å². The predicted molar refractivity (Wildman–Crippen MR) is 70.4 cm³/mol. The molecule has 0 spiro atoms. The van der Waals surface area contributed by atoms with Crippen molar-refractivity contribution in [2.45, 2.75) is 13.3 Å². The van der Waals surface area contributed by atoms with Crippen molar-refractivity contribution in [3.8, 4) is 0 Å². The van der Waals surface area contributed by atoms with Crippen LogP contribution in [0.25, 0.3) is 0 Å². The molecule has 0 heterocycles. The first-order chi connectivity index (χ1) is 8.61. The molecule has 0 unspecified atom stereocenters. The molecule has 1 aromatic rings. The van der Waals surface area contributed by atoms with Crippen LogP contribution in [0.15, 0.2) is 48.6 Å². The van der Waals surface area contributed by atoms with Gasteiger partial charge >= 0.3 is 5.97 Å². The first-order valence-electron chi connectivity index (χ1n) is 5.53. The topological polar surface area (TPSA) is 66.4 Å². The summed E-state index contributed by atoms with van der Waals surface area (Å²) in [6.45, 7) is 1.86. The van der Waals surface area contributed by atoms with Crippen LogP contribution >= 0.6 is 0 Å². The van der Waals surface area contributed by atoms with E-state index in [9.17, 15) is 9.59 Å². The van der Waals surface area contributed by atoms with Crippen LogP contribution in [0.1, 0.15) is 12.5 Å². The highest BCUT2D eigenvalue weighted by Gasteiger charge is 2.02. The second-order valence-electron chi connectivity index (χ2n) is 3.65. The quantitative estimate of drug-likeness (QED) is 0.618. The number of carboxylic acids is 1. The Morgan fingerprint density at radius 1 is 1.33 bits per heavy atom. The highest BCUT2D eigenvalue weighted by molar-refractivity contribution is 5.99. The van der Waals surface area contributed by atoms with Gasteiger partial charge in [0.05, 0.1) is 6.42 Å². The second kappa shape index (κ2) is 7.06. The fraction of sp³-hybridized carbons (Fsp3) is 0.143. The third-order valence-corrected chi connectivity index (χ3v) is 2.10. The number of carbonyl (C=O) groups is 2. The van der Waals surface area contributed by atoms with Gasteiger partial charge in [0.25, 0.3) is 0 Å². The number of carboxylic acid groups (broad SMARTS) is 1. The molecule has 0 aromatic heterocycles. The average Bonchev–Trinajstić information content (AvgIpc) is 2.28. The molecule has 1 rings (SSSR count). The summed E-state index contributed by atoms with van der Waals surface area (Å²) < 4.78 is 0. The van der Waals surface area contributed by atoms with E-state index in [0.717, 1.165) is 0 Å². The summed E-state index contributed by atoms with van der Waals surface area (Å²) in [5.74, 6) is -1.15. The number of allylic oxidation sites excluding steroid dienone is 3. The molecule has 0 aliphatic heterocycles. The van der Waals surface area contributed by atoms with E-state index in [2.05, 4.69) is 5.32 Å². The van der Waals surface area contributed by atoms with Crippen molar-refractivity contribution in [2.24, 2.45) is 0 Å². The first-order valence-corrected chi connectivity index (χ1v) is 5.53. The van der Waals surface area contributed by atoms with Gasteiger partial charge in [-0.2, -0.15) is 0 Å². The Kier molecular flexibility index (Phi) is 5.38. The molecule has 1 aromatic carbocycles. The number of rotatable bonds is 5. The Morgan fingerprint density at radius 3 is 2.78 bits per heavy atom. The first kappa shape index (κ1) is 13.7. The van der Waals surface area contributed by atoms with Crippen LogP contribution in [0.5, 0.6) is 0 Å². The summed E-state index contributed by atoms with van der Waals surface area (Å²) in [5.41, 5.74) is 1.24. The monoisotopic (exact) mass is 245 g/mol. The zero-order valence-electron chi connectivity index (χ0n) is 10.1. The number of hydrogen-bond acceptors (Lipinski definition) is 2. The average molecular weight is 245 g/mol. The Balaban J connectivity index is 2.67. The number of benzene rings is 1. The summed E-state index contributed by atoms with van der Waals surface area (Å²) in [7, 11) is 0. The summed E-state index contributed by atoms with van der Waals surface area (Å²) in [6.07, 6.45) is 6.55. The van der Waals surface area contributed by atoms with Gasteiger partial charge in [-0.25, -0.2) is 0 Å². The number of hydrogen-bond donors (Lipinski definition) is 2. The summed E-state index contributed by atoms with van der Waals surface area (Å²) in [5, 5.41) is 11.3. The van der Waals surface area contributed by atoms with E-state index in [1.54, 1.807) is 36.4 Å². The number of nitrogens with one attached hydrogen (secondary N) is 1. The van der Waals surface area contributed by atoms with Crippen molar-refractivity contribution in [1.29, 1.82) is 0 Å². The minimum atomic E-state index is -0.897. The highest BCUT2D eigenvalue weighted by atomic mass is 16.4. The van der Waals surface area contributed by atoms with E-state index in [1.807, 2.05) is 13.0 Å². The van der Waals surface area contributed by atoms with Gasteiger partial charge in [0, 0.05) is 11.8 Å². The Labute approximate surface area is 106 Å². The van der Waals surface area contributed by atoms with Crippen LogP contribution in [0.4, 0.5) is 5.69 Å². The molecular weight excluding hydrogens is 230 g/mol. The van der Waals surface area contributed by atoms with Gasteiger partial charge in [0.15, 0.2) is 0 Å². The van der Waals surface area contributed by atoms with Crippen molar-refractivity contribution in [3.63, 3.8) is 0 Å².